The van der Waals surface area contributed by atoms with Crippen molar-refractivity contribution in [1.29, 1.82) is 0 Å². The van der Waals surface area contributed by atoms with Crippen molar-refractivity contribution < 1.29 is 18.4 Å². The average Bonchev–Trinajstić information content (AvgIpc) is 2.95. The third kappa shape index (κ3) is 5.50. The molecular formula is C31H52F2N6O2. The molecule has 5 saturated heterocycles. The van der Waals surface area contributed by atoms with Crippen LogP contribution in [0.3, 0.4) is 0 Å². The van der Waals surface area contributed by atoms with E-state index in [0.717, 1.165) is 45.2 Å². The summed E-state index contributed by atoms with van der Waals surface area (Å²) in [5, 5.41) is 13.8. The Kier molecular flexibility index (Phi) is 8.81. The average molecular weight is 579 g/mol. The normalized spacial score (nSPS) is 46.2. The van der Waals surface area contributed by atoms with Gasteiger partial charge < -0.3 is 20.9 Å². The van der Waals surface area contributed by atoms with Gasteiger partial charge in [-0.15, -0.1) is 0 Å². The number of rotatable bonds is 2. The first kappa shape index (κ1) is 29.5. The first-order valence-electron chi connectivity index (χ1n) is 16.7. The third-order valence-electron chi connectivity index (χ3n) is 11.5. The lowest BCUT2D eigenvalue weighted by molar-refractivity contribution is -0.133. The molecule has 41 heavy (non-hydrogen) atoms. The second-order valence-electron chi connectivity index (χ2n) is 14.3. The predicted octanol–water partition coefficient (Wildman–Crippen LogP) is 3.52. The fraction of sp³-hybridized carbons (Fsp3) is 0.935. The van der Waals surface area contributed by atoms with Crippen molar-refractivity contribution in [2.24, 2.45) is 29.6 Å². The Morgan fingerprint density at radius 2 is 1.73 bits per heavy atom. The van der Waals surface area contributed by atoms with Crippen LogP contribution in [0.5, 0.6) is 0 Å². The number of fused-ring (bicyclic) bond motifs is 5. The lowest BCUT2D eigenvalue weighted by Crippen LogP contribution is -2.79. The van der Waals surface area contributed by atoms with Crippen molar-refractivity contribution in [1.82, 2.24) is 31.1 Å². The zero-order valence-corrected chi connectivity index (χ0v) is 25.2. The number of piperidine rings is 3. The van der Waals surface area contributed by atoms with Crippen molar-refractivity contribution in [3.05, 3.63) is 0 Å². The summed E-state index contributed by atoms with van der Waals surface area (Å²) >= 11 is 0. The molecule has 8 nitrogen and oxygen atoms in total. The van der Waals surface area contributed by atoms with Crippen molar-refractivity contribution in [2.75, 3.05) is 19.6 Å². The topological polar surface area (TPSA) is 88.7 Å². The maximum absolute atomic E-state index is 16.5. The minimum Gasteiger partial charge on any atom is -0.356 e. The Morgan fingerprint density at radius 3 is 2.51 bits per heavy atom. The van der Waals surface area contributed by atoms with E-state index in [0.29, 0.717) is 37.8 Å². The lowest BCUT2D eigenvalue weighted by atomic mass is 9.69. The van der Waals surface area contributed by atoms with Gasteiger partial charge in [-0.3, -0.25) is 15.0 Å². The van der Waals surface area contributed by atoms with Gasteiger partial charge in [-0.05, 0) is 83.1 Å². The highest BCUT2D eigenvalue weighted by Crippen LogP contribution is 2.44. The molecule has 1 saturated carbocycles. The Hall–Kier alpha value is -1.52. The molecular weight excluding hydrogens is 526 g/mol. The van der Waals surface area contributed by atoms with Crippen LogP contribution in [0, 0.1) is 29.6 Å². The largest absolute Gasteiger partial charge is 0.356 e. The van der Waals surface area contributed by atoms with Crippen molar-refractivity contribution in [3.8, 4) is 0 Å². The molecule has 232 valence electrons. The molecule has 3 amide bonds. The highest BCUT2D eigenvalue weighted by atomic mass is 19.1. The monoisotopic (exact) mass is 578 g/mol. The van der Waals surface area contributed by atoms with Crippen molar-refractivity contribution in [2.45, 2.75) is 134 Å². The van der Waals surface area contributed by atoms with Gasteiger partial charge in [0.1, 0.15) is 12.3 Å². The molecule has 2 bridgehead atoms. The quantitative estimate of drug-likeness (QED) is 0.403. The fourth-order valence-corrected chi connectivity index (χ4v) is 9.54. The second kappa shape index (κ2) is 12.2. The summed E-state index contributed by atoms with van der Waals surface area (Å²) in [4.78, 5) is 32.2. The second-order valence-corrected chi connectivity index (χ2v) is 14.3. The SMILES string of the molecule is CC(C)C1NCCC2CCCNC(=O)C3CCCC(F)C3C3NC4C(CC3F)C(N3CCCC[C@@H]3C)NC(=O)N4C21. The van der Waals surface area contributed by atoms with Gasteiger partial charge in [0.05, 0.1) is 18.4 Å². The van der Waals surface area contributed by atoms with E-state index in [4.69, 9.17) is 0 Å². The number of carbonyl (C=O) groups is 2. The molecule has 0 aromatic rings. The first-order chi connectivity index (χ1) is 19.8. The Balaban J connectivity index is 1.43. The molecule has 6 fully saturated rings. The summed E-state index contributed by atoms with van der Waals surface area (Å²) in [7, 11) is 0. The molecule has 1 aliphatic carbocycles. The van der Waals surface area contributed by atoms with Gasteiger partial charge in [-0.2, -0.15) is 0 Å². The minimum absolute atomic E-state index is 0.0694. The van der Waals surface area contributed by atoms with E-state index in [9.17, 15) is 9.59 Å². The lowest BCUT2D eigenvalue weighted by Gasteiger charge is -2.60. The molecule has 0 aromatic heterocycles. The zero-order chi connectivity index (χ0) is 28.8. The van der Waals surface area contributed by atoms with Gasteiger partial charge in [0.2, 0.25) is 5.91 Å². The fourth-order valence-electron chi connectivity index (χ4n) is 9.54. The van der Waals surface area contributed by atoms with Crippen LogP contribution in [0.15, 0.2) is 0 Å². The Bertz CT molecular complexity index is 956. The van der Waals surface area contributed by atoms with E-state index in [-0.39, 0.29) is 48.4 Å². The van der Waals surface area contributed by atoms with Gasteiger partial charge in [-0.1, -0.05) is 20.3 Å². The van der Waals surface area contributed by atoms with Crippen molar-refractivity contribution in [3.63, 3.8) is 0 Å². The van der Waals surface area contributed by atoms with Crippen molar-refractivity contribution >= 4 is 11.9 Å². The summed E-state index contributed by atoms with van der Waals surface area (Å²) in [6.45, 7) is 8.93. The maximum Gasteiger partial charge on any atom is 0.320 e. The number of nitrogens with one attached hydrogen (secondary N) is 4. The molecule has 6 rings (SSSR count). The molecule has 6 aliphatic rings. The van der Waals surface area contributed by atoms with E-state index < -0.39 is 36.4 Å². The standard InChI is InChI=1S/C31H52F2N6O2/c1-17(2)25-27-19(12-14-34-25)9-7-13-35-30(40)20-10-6-11-22(32)24(20)26-23(33)16-21-28(38-15-5-4-8-18(38)3)37-31(41)39(27)29(21)36-26/h17-29,34,36H,4-16H2,1-3H3,(H,35,40)(H,37,41)/t18-,19?,20?,21?,22?,23?,24?,25?,26?,27?,28?,29?/m0/s1. The van der Waals surface area contributed by atoms with Crippen LogP contribution in [-0.2, 0) is 4.79 Å². The number of nitrogens with zero attached hydrogens (tertiary/aromatic N) is 2. The van der Waals surface area contributed by atoms with E-state index in [1.165, 1.54) is 6.42 Å². The summed E-state index contributed by atoms with van der Waals surface area (Å²) in [6, 6.07) is -0.559. The summed E-state index contributed by atoms with van der Waals surface area (Å²) in [6.07, 6.45) is 4.58. The van der Waals surface area contributed by atoms with E-state index >= 15 is 8.78 Å². The zero-order valence-electron chi connectivity index (χ0n) is 25.2. The van der Waals surface area contributed by atoms with E-state index in [2.05, 4.69) is 46.9 Å². The van der Waals surface area contributed by atoms with Crippen LogP contribution in [0.1, 0.15) is 85.0 Å². The number of alkyl halides is 2. The van der Waals surface area contributed by atoms with Gasteiger partial charge in [0.25, 0.3) is 0 Å². The highest BCUT2D eigenvalue weighted by Gasteiger charge is 2.57. The number of hydrogen-bond donors (Lipinski definition) is 4. The molecule has 5 heterocycles. The van der Waals surface area contributed by atoms with Crippen LogP contribution >= 0.6 is 0 Å². The van der Waals surface area contributed by atoms with Crippen LogP contribution in [0.2, 0.25) is 0 Å². The molecule has 11 unspecified atom stereocenters. The number of likely N-dealkylation sites (tertiary alicyclic amines) is 1. The molecule has 4 N–H and O–H groups in total. The Morgan fingerprint density at radius 1 is 0.902 bits per heavy atom. The van der Waals surface area contributed by atoms with E-state index in [1.807, 2.05) is 4.90 Å². The number of urea groups is 1. The van der Waals surface area contributed by atoms with Gasteiger partial charge in [-0.25, -0.2) is 13.6 Å². The number of hydrogen-bond acceptors (Lipinski definition) is 5. The number of carbonyl (C=O) groups excluding carboxylic acids is 2. The predicted molar refractivity (Wildman–Crippen MR) is 154 cm³/mol. The van der Waals surface area contributed by atoms with E-state index in [1.54, 1.807) is 0 Å². The molecule has 0 aromatic carbocycles. The summed E-state index contributed by atoms with van der Waals surface area (Å²) in [5.74, 6) is -1.03. The van der Waals surface area contributed by atoms with Crippen LogP contribution in [0.4, 0.5) is 13.6 Å². The highest BCUT2D eigenvalue weighted by molar-refractivity contribution is 5.79. The smallest absolute Gasteiger partial charge is 0.320 e. The van der Waals surface area contributed by atoms with Crippen LogP contribution in [-0.4, -0.2) is 90.2 Å². The number of amides is 3. The van der Waals surface area contributed by atoms with Gasteiger partial charge in [0.15, 0.2) is 0 Å². The number of halogens is 2. The molecule has 0 spiro atoms. The summed E-state index contributed by atoms with van der Waals surface area (Å²) in [5.41, 5.74) is 0. The first-order valence-corrected chi connectivity index (χ1v) is 16.7. The third-order valence-corrected chi connectivity index (χ3v) is 11.5. The molecule has 10 heteroatoms. The minimum atomic E-state index is -1.29. The van der Waals surface area contributed by atoms with Crippen LogP contribution < -0.4 is 21.3 Å². The molecule has 5 aliphatic heterocycles. The van der Waals surface area contributed by atoms with Crippen LogP contribution in [0.25, 0.3) is 0 Å². The molecule has 12 atom stereocenters. The summed E-state index contributed by atoms with van der Waals surface area (Å²) < 4.78 is 32.3. The Labute approximate surface area is 244 Å². The maximum atomic E-state index is 16.5. The molecule has 0 radical (unpaired) electrons. The van der Waals surface area contributed by atoms with Gasteiger partial charge >= 0.3 is 6.03 Å². The van der Waals surface area contributed by atoms with Gasteiger partial charge in [0, 0.05) is 49.0 Å².